The first-order valence-electron chi connectivity index (χ1n) is 6.86. The summed E-state index contributed by atoms with van der Waals surface area (Å²) < 4.78 is 0.851. The number of aryl methyl sites for hydroxylation is 1. The highest BCUT2D eigenvalue weighted by molar-refractivity contribution is 9.10. The predicted molar refractivity (Wildman–Crippen MR) is 81.5 cm³/mol. The van der Waals surface area contributed by atoms with Gasteiger partial charge >= 0.3 is 0 Å². The molecule has 0 aliphatic carbocycles. The molecule has 3 nitrogen and oxygen atoms in total. The highest BCUT2D eigenvalue weighted by atomic mass is 79.9. The first-order valence-corrected chi connectivity index (χ1v) is 7.65. The summed E-state index contributed by atoms with van der Waals surface area (Å²) in [5.74, 6) is 0.00150. The molecule has 0 saturated carbocycles. The zero-order valence-corrected chi connectivity index (χ0v) is 13.2. The summed E-state index contributed by atoms with van der Waals surface area (Å²) in [4.78, 5) is 14.6. The third kappa shape index (κ3) is 3.80. The molecule has 1 fully saturated rings. The van der Waals surface area contributed by atoms with Crippen LogP contribution in [0.4, 0.5) is 0 Å². The second-order valence-corrected chi connectivity index (χ2v) is 6.14. The number of nitrogens with zero attached hydrogens (tertiary/aromatic N) is 1. The van der Waals surface area contributed by atoms with E-state index in [1.807, 2.05) is 25.1 Å². The largest absolute Gasteiger partial charge is 0.350 e. The number of hydrogen-bond donors (Lipinski definition) is 1. The minimum atomic E-state index is 0.00150. The number of halogens is 1. The van der Waals surface area contributed by atoms with Crippen molar-refractivity contribution in [3.05, 3.63) is 33.8 Å². The number of amides is 1. The molecule has 1 N–H and O–H groups in total. The van der Waals surface area contributed by atoms with Gasteiger partial charge in [0.25, 0.3) is 5.91 Å². The molecule has 1 aliphatic heterocycles. The third-order valence-electron chi connectivity index (χ3n) is 3.69. The quantitative estimate of drug-likeness (QED) is 0.923. The number of carbonyl (C=O) groups excluding carboxylic acids is 1. The van der Waals surface area contributed by atoms with Gasteiger partial charge in [-0.25, -0.2) is 0 Å². The van der Waals surface area contributed by atoms with Crippen molar-refractivity contribution in [2.45, 2.75) is 32.7 Å². The Balaban J connectivity index is 1.91. The Hall–Kier alpha value is -0.870. The summed E-state index contributed by atoms with van der Waals surface area (Å²) in [5, 5.41) is 3.03. The fraction of sp³-hybridized carbons (Fsp3) is 0.533. The Morgan fingerprint density at radius 2 is 2.11 bits per heavy atom. The van der Waals surface area contributed by atoms with E-state index in [-0.39, 0.29) is 5.91 Å². The molecule has 1 aromatic rings. The highest BCUT2D eigenvalue weighted by Gasteiger charge is 2.19. The molecule has 2 rings (SSSR count). The fourth-order valence-corrected chi connectivity index (χ4v) is 2.89. The third-order valence-corrected chi connectivity index (χ3v) is 4.38. The second-order valence-electron chi connectivity index (χ2n) is 5.29. The highest BCUT2D eigenvalue weighted by Crippen LogP contribution is 2.18. The standard InChI is InChI=1S/C15H21BrN2O/c1-11-5-6-14(16)13(9-11)15(19)17-10-12(2)18-7-3-4-8-18/h5-6,9,12H,3-4,7-8,10H2,1-2H3,(H,17,19). The van der Waals surface area contributed by atoms with Crippen LogP contribution in [0.5, 0.6) is 0 Å². The van der Waals surface area contributed by atoms with Crippen LogP contribution >= 0.6 is 15.9 Å². The lowest BCUT2D eigenvalue weighted by atomic mass is 10.1. The van der Waals surface area contributed by atoms with E-state index in [1.54, 1.807) is 0 Å². The Kier molecular flexibility index (Phi) is 4.99. The van der Waals surface area contributed by atoms with Gasteiger partial charge in [-0.05, 0) is 67.8 Å². The van der Waals surface area contributed by atoms with Gasteiger partial charge in [-0.3, -0.25) is 9.69 Å². The average molecular weight is 325 g/mol. The first kappa shape index (κ1) is 14.5. The van der Waals surface area contributed by atoms with E-state index in [9.17, 15) is 4.79 Å². The van der Waals surface area contributed by atoms with Crippen LogP contribution in [0, 0.1) is 6.92 Å². The first-order chi connectivity index (χ1) is 9.08. The summed E-state index contributed by atoms with van der Waals surface area (Å²) in [6.45, 7) is 7.20. The summed E-state index contributed by atoms with van der Waals surface area (Å²) in [6, 6.07) is 6.25. The van der Waals surface area contributed by atoms with E-state index >= 15 is 0 Å². The van der Waals surface area contributed by atoms with Crippen molar-refractivity contribution in [3.8, 4) is 0 Å². The van der Waals surface area contributed by atoms with Crippen molar-refractivity contribution in [2.75, 3.05) is 19.6 Å². The van der Waals surface area contributed by atoms with Crippen LogP contribution in [0.3, 0.4) is 0 Å². The van der Waals surface area contributed by atoms with Gasteiger partial charge < -0.3 is 5.32 Å². The Morgan fingerprint density at radius 3 is 2.79 bits per heavy atom. The number of nitrogens with one attached hydrogen (secondary N) is 1. The molecule has 0 bridgehead atoms. The van der Waals surface area contributed by atoms with Gasteiger partial charge in [0.15, 0.2) is 0 Å². The van der Waals surface area contributed by atoms with Gasteiger partial charge in [0, 0.05) is 17.1 Å². The molecular formula is C15H21BrN2O. The van der Waals surface area contributed by atoms with E-state index < -0.39 is 0 Å². The molecule has 1 unspecified atom stereocenters. The second kappa shape index (κ2) is 6.53. The lowest BCUT2D eigenvalue weighted by Crippen LogP contribution is -2.40. The number of rotatable bonds is 4. The fourth-order valence-electron chi connectivity index (χ4n) is 2.46. The molecule has 1 aromatic carbocycles. The van der Waals surface area contributed by atoms with E-state index in [0.29, 0.717) is 18.2 Å². The maximum Gasteiger partial charge on any atom is 0.252 e. The van der Waals surface area contributed by atoms with Crippen LogP contribution in [0.2, 0.25) is 0 Å². The summed E-state index contributed by atoms with van der Waals surface area (Å²) in [6.07, 6.45) is 2.56. The summed E-state index contributed by atoms with van der Waals surface area (Å²) in [5.41, 5.74) is 1.81. The van der Waals surface area contributed by atoms with E-state index in [2.05, 4.69) is 33.1 Å². The average Bonchev–Trinajstić information content (AvgIpc) is 2.92. The molecule has 1 heterocycles. The van der Waals surface area contributed by atoms with Gasteiger partial charge in [0.1, 0.15) is 0 Å². The number of likely N-dealkylation sites (tertiary alicyclic amines) is 1. The zero-order valence-electron chi connectivity index (χ0n) is 11.6. The normalized spacial score (nSPS) is 17.4. The summed E-state index contributed by atoms with van der Waals surface area (Å²) >= 11 is 3.43. The Morgan fingerprint density at radius 1 is 1.42 bits per heavy atom. The number of hydrogen-bond acceptors (Lipinski definition) is 2. The van der Waals surface area contributed by atoms with Gasteiger partial charge in [-0.1, -0.05) is 11.6 Å². The van der Waals surface area contributed by atoms with Crippen molar-refractivity contribution in [1.29, 1.82) is 0 Å². The lowest BCUT2D eigenvalue weighted by Gasteiger charge is -2.24. The molecule has 1 aliphatic rings. The van der Waals surface area contributed by atoms with Crippen LogP contribution in [0.15, 0.2) is 22.7 Å². The molecular weight excluding hydrogens is 304 g/mol. The van der Waals surface area contributed by atoms with Crippen molar-refractivity contribution in [2.24, 2.45) is 0 Å². The van der Waals surface area contributed by atoms with Gasteiger partial charge in [-0.2, -0.15) is 0 Å². The van der Waals surface area contributed by atoms with E-state index in [4.69, 9.17) is 0 Å². The minimum Gasteiger partial charge on any atom is -0.350 e. The van der Waals surface area contributed by atoms with Gasteiger partial charge in [0.05, 0.1) is 5.56 Å². The van der Waals surface area contributed by atoms with Crippen LogP contribution in [-0.2, 0) is 0 Å². The topological polar surface area (TPSA) is 32.3 Å². The van der Waals surface area contributed by atoms with E-state index in [0.717, 1.165) is 23.1 Å². The monoisotopic (exact) mass is 324 g/mol. The molecule has 1 saturated heterocycles. The minimum absolute atomic E-state index is 0.00150. The molecule has 1 atom stereocenters. The maximum absolute atomic E-state index is 12.2. The number of benzene rings is 1. The number of carbonyl (C=O) groups is 1. The zero-order chi connectivity index (χ0) is 13.8. The molecule has 0 aromatic heterocycles. The SMILES string of the molecule is Cc1ccc(Br)c(C(=O)NCC(C)N2CCCC2)c1. The van der Waals surface area contributed by atoms with Gasteiger partial charge in [-0.15, -0.1) is 0 Å². The van der Waals surface area contributed by atoms with Crippen LogP contribution in [-0.4, -0.2) is 36.5 Å². The molecule has 19 heavy (non-hydrogen) atoms. The van der Waals surface area contributed by atoms with E-state index in [1.165, 1.54) is 12.8 Å². The Bertz CT molecular complexity index is 455. The smallest absolute Gasteiger partial charge is 0.252 e. The van der Waals surface area contributed by atoms with Crippen molar-refractivity contribution >= 4 is 21.8 Å². The van der Waals surface area contributed by atoms with Crippen LogP contribution in [0.1, 0.15) is 35.7 Å². The lowest BCUT2D eigenvalue weighted by molar-refractivity contribution is 0.0939. The molecule has 104 valence electrons. The van der Waals surface area contributed by atoms with Crippen molar-refractivity contribution < 1.29 is 4.79 Å². The van der Waals surface area contributed by atoms with Crippen LogP contribution in [0.25, 0.3) is 0 Å². The summed E-state index contributed by atoms with van der Waals surface area (Å²) in [7, 11) is 0. The molecule has 4 heteroatoms. The predicted octanol–water partition coefficient (Wildman–Crippen LogP) is 2.97. The molecule has 0 spiro atoms. The van der Waals surface area contributed by atoms with Crippen LogP contribution < -0.4 is 5.32 Å². The molecule has 1 amide bonds. The Labute approximate surface area is 123 Å². The molecule has 0 radical (unpaired) electrons. The maximum atomic E-state index is 12.2. The van der Waals surface area contributed by atoms with Crippen molar-refractivity contribution in [1.82, 2.24) is 10.2 Å². The van der Waals surface area contributed by atoms with Gasteiger partial charge in [0.2, 0.25) is 0 Å². The van der Waals surface area contributed by atoms with Crippen molar-refractivity contribution in [3.63, 3.8) is 0 Å².